The van der Waals surface area contributed by atoms with Gasteiger partial charge in [-0.15, -0.1) is 0 Å². The second-order valence-corrected chi connectivity index (χ2v) is 5.55. The summed E-state index contributed by atoms with van der Waals surface area (Å²) in [7, 11) is -2.31. The summed E-state index contributed by atoms with van der Waals surface area (Å²) in [5.41, 5.74) is 0. The summed E-state index contributed by atoms with van der Waals surface area (Å²) >= 11 is 0. The Balaban J connectivity index is 2.84. The lowest BCUT2D eigenvalue weighted by Gasteiger charge is -2.35. The zero-order valence-corrected chi connectivity index (χ0v) is 10.6. The van der Waals surface area contributed by atoms with E-state index >= 15 is 0 Å². The molecule has 6 nitrogen and oxygen atoms in total. The van der Waals surface area contributed by atoms with Crippen molar-refractivity contribution in [1.82, 2.24) is 9.03 Å². The molecule has 0 aliphatic carbocycles. The van der Waals surface area contributed by atoms with E-state index in [4.69, 9.17) is 0 Å². The first kappa shape index (κ1) is 13.4. The molecular formula is C9H18N2O4S. The van der Waals surface area contributed by atoms with Crippen molar-refractivity contribution in [2.24, 2.45) is 0 Å². The van der Waals surface area contributed by atoms with Crippen LogP contribution in [0.2, 0.25) is 0 Å². The predicted molar refractivity (Wildman–Crippen MR) is 58.9 cm³/mol. The molecule has 1 N–H and O–H groups in total. The summed E-state index contributed by atoms with van der Waals surface area (Å²) in [6.45, 7) is 4.17. The zero-order valence-electron chi connectivity index (χ0n) is 9.76. The first-order chi connectivity index (χ1) is 7.42. The summed E-state index contributed by atoms with van der Waals surface area (Å²) in [4.78, 5) is 11.3. The summed E-state index contributed by atoms with van der Waals surface area (Å²) in [5, 5.41) is 0. The van der Waals surface area contributed by atoms with Crippen LogP contribution in [0.1, 0.15) is 26.7 Å². The second-order valence-electron chi connectivity index (χ2n) is 3.89. The monoisotopic (exact) mass is 250 g/mol. The molecule has 94 valence electrons. The minimum atomic E-state index is -3.56. The van der Waals surface area contributed by atoms with E-state index < -0.39 is 22.2 Å². The van der Waals surface area contributed by atoms with Crippen molar-refractivity contribution < 1.29 is 17.9 Å². The van der Waals surface area contributed by atoms with Gasteiger partial charge in [-0.2, -0.15) is 17.4 Å². The Morgan fingerprint density at radius 2 is 2.19 bits per heavy atom. The van der Waals surface area contributed by atoms with Gasteiger partial charge in [-0.3, -0.25) is 4.79 Å². The summed E-state index contributed by atoms with van der Waals surface area (Å²) in [6, 6.07) is -0.951. The molecule has 0 aromatic rings. The van der Waals surface area contributed by atoms with Gasteiger partial charge in [0.1, 0.15) is 6.04 Å². The number of ether oxygens (including phenoxy) is 1. The normalized spacial score (nSPS) is 29.9. The molecule has 1 aliphatic heterocycles. The lowest BCUT2D eigenvalue weighted by Crippen LogP contribution is -2.58. The molecule has 0 bridgehead atoms. The Labute approximate surface area is 96.1 Å². The molecule has 1 heterocycles. The van der Waals surface area contributed by atoms with Crippen molar-refractivity contribution >= 4 is 16.2 Å². The first-order valence-corrected chi connectivity index (χ1v) is 6.73. The number of methoxy groups -OCH3 is 1. The molecule has 0 saturated carbocycles. The molecule has 0 spiro atoms. The van der Waals surface area contributed by atoms with Gasteiger partial charge in [0.2, 0.25) is 0 Å². The Bertz CT molecular complexity index is 355. The van der Waals surface area contributed by atoms with Gasteiger partial charge in [-0.25, -0.2) is 0 Å². The third-order valence-corrected chi connectivity index (χ3v) is 4.34. The fraction of sp³-hybridized carbons (Fsp3) is 0.889. The third kappa shape index (κ3) is 2.72. The van der Waals surface area contributed by atoms with Crippen LogP contribution in [0, 0.1) is 0 Å². The molecule has 0 amide bonds. The largest absolute Gasteiger partial charge is 0.468 e. The lowest BCUT2D eigenvalue weighted by molar-refractivity contribution is -0.143. The van der Waals surface area contributed by atoms with Crippen LogP contribution in [0.25, 0.3) is 0 Å². The van der Waals surface area contributed by atoms with Gasteiger partial charge in [-0.1, -0.05) is 6.92 Å². The highest BCUT2D eigenvalue weighted by Crippen LogP contribution is 2.19. The van der Waals surface area contributed by atoms with E-state index in [0.29, 0.717) is 13.0 Å². The van der Waals surface area contributed by atoms with Gasteiger partial charge in [-0.05, 0) is 19.8 Å². The summed E-state index contributed by atoms with van der Waals surface area (Å²) < 4.78 is 31.9. The number of hydrogen-bond acceptors (Lipinski definition) is 4. The van der Waals surface area contributed by atoms with E-state index in [9.17, 15) is 13.2 Å². The minimum absolute atomic E-state index is 0.185. The van der Waals surface area contributed by atoms with E-state index in [1.807, 2.05) is 6.92 Å². The fourth-order valence-electron chi connectivity index (χ4n) is 1.84. The number of rotatable bonds is 3. The summed E-state index contributed by atoms with van der Waals surface area (Å²) in [5.74, 6) is -0.536. The van der Waals surface area contributed by atoms with Gasteiger partial charge >= 0.3 is 5.97 Å². The van der Waals surface area contributed by atoms with Gasteiger partial charge in [0.05, 0.1) is 7.11 Å². The molecule has 7 heteroatoms. The quantitative estimate of drug-likeness (QED) is 0.708. The highest BCUT2D eigenvalue weighted by Gasteiger charge is 2.39. The Morgan fingerprint density at radius 3 is 2.62 bits per heavy atom. The van der Waals surface area contributed by atoms with Crippen LogP contribution < -0.4 is 4.72 Å². The van der Waals surface area contributed by atoms with Crippen molar-refractivity contribution in [3.63, 3.8) is 0 Å². The van der Waals surface area contributed by atoms with Crippen LogP contribution in [0.15, 0.2) is 0 Å². The molecule has 1 saturated heterocycles. The molecule has 2 unspecified atom stereocenters. The van der Waals surface area contributed by atoms with Gasteiger partial charge < -0.3 is 4.74 Å². The Hall–Kier alpha value is -0.660. The molecule has 0 aromatic heterocycles. The standard InChI is InChI=1S/C9H18N2O4S/c1-4-5-11-7(2)6-8(9(12)15-3)10-16(11,13)14/h7-8,10H,4-6H2,1-3H3. The van der Waals surface area contributed by atoms with E-state index in [-0.39, 0.29) is 6.04 Å². The van der Waals surface area contributed by atoms with E-state index in [2.05, 4.69) is 9.46 Å². The Morgan fingerprint density at radius 1 is 1.56 bits per heavy atom. The number of nitrogens with zero attached hydrogens (tertiary/aromatic N) is 1. The Kier molecular flexibility index (Phi) is 4.28. The zero-order chi connectivity index (χ0) is 12.3. The van der Waals surface area contributed by atoms with E-state index in [1.165, 1.54) is 11.4 Å². The second kappa shape index (κ2) is 5.11. The van der Waals surface area contributed by atoms with Crippen LogP contribution in [0.4, 0.5) is 0 Å². The van der Waals surface area contributed by atoms with Crippen molar-refractivity contribution in [2.75, 3.05) is 13.7 Å². The van der Waals surface area contributed by atoms with Crippen LogP contribution in [-0.4, -0.2) is 44.4 Å². The van der Waals surface area contributed by atoms with Crippen LogP contribution in [-0.2, 0) is 19.7 Å². The van der Waals surface area contributed by atoms with Crippen LogP contribution in [0.5, 0.6) is 0 Å². The lowest BCUT2D eigenvalue weighted by atomic mass is 10.1. The molecule has 16 heavy (non-hydrogen) atoms. The third-order valence-electron chi connectivity index (χ3n) is 2.60. The van der Waals surface area contributed by atoms with Gasteiger partial charge in [0.25, 0.3) is 10.2 Å². The summed E-state index contributed by atoms with van der Waals surface area (Å²) in [6.07, 6.45) is 1.18. The molecule has 1 fully saturated rings. The molecule has 1 aliphatic rings. The van der Waals surface area contributed by atoms with Crippen LogP contribution in [0.3, 0.4) is 0 Å². The number of carbonyl (C=O) groups is 1. The molecule has 0 aromatic carbocycles. The van der Waals surface area contributed by atoms with E-state index in [1.54, 1.807) is 6.92 Å². The van der Waals surface area contributed by atoms with Crippen molar-refractivity contribution in [3.8, 4) is 0 Å². The topological polar surface area (TPSA) is 75.7 Å². The maximum Gasteiger partial charge on any atom is 0.324 e. The molecule has 1 rings (SSSR count). The SMILES string of the molecule is CCCN1C(C)CC(C(=O)OC)NS1(=O)=O. The number of carbonyl (C=O) groups excluding carboxylic acids is 1. The van der Waals surface area contributed by atoms with E-state index in [0.717, 1.165) is 6.42 Å². The van der Waals surface area contributed by atoms with Gasteiger partial charge in [0, 0.05) is 12.6 Å². The number of esters is 1. The average Bonchev–Trinajstić information content (AvgIpc) is 2.21. The van der Waals surface area contributed by atoms with Crippen LogP contribution >= 0.6 is 0 Å². The predicted octanol–water partition coefficient (Wildman–Crippen LogP) is -0.133. The number of nitrogens with one attached hydrogen (secondary N) is 1. The smallest absolute Gasteiger partial charge is 0.324 e. The highest BCUT2D eigenvalue weighted by atomic mass is 32.2. The number of hydrogen-bond donors (Lipinski definition) is 1. The maximum atomic E-state index is 11.8. The maximum absolute atomic E-state index is 11.8. The minimum Gasteiger partial charge on any atom is -0.468 e. The van der Waals surface area contributed by atoms with Crippen molar-refractivity contribution in [1.29, 1.82) is 0 Å². The van der Waals surface area contributed by atoms with Crippen molar-refractivity contribution in [3.05, 3.63) is 0 Å². The average molecular weight is 250 g/mol. The molecular weight excluding hydrogens is 232 g/mol. The van der Waals surface area contributed by atoms with Gasteiger partial charge in [0.15, 0.2) is 0 Å². The first-order valence-electron chi connectivity index (χ1n) is 5.29. The highest BCUT2D eigenvalue weighted by molar-refractivity contribution is 7.87. The molecule has 0 radical (unpaired) electrons. The fourth-order valence-corrected chi connectivity index (χ4v) is 3.51. The molecule has 2 atom stereocenters. The van der Waals surface area contributed by atoms with Crippen molar-refractivity contribution in [2.45, 2.75) is 38.8 Å².